The van der Waals surface area contributed by atoms with Crippen molar-refractivity contribution in [3.05, 3.63) is 89.5 Å². The highest BCUT2D eigenvalue weighted by atomic mass is 32.2. The summed E-state index contributed by atoms with van der Waals surface area (Å²) in [7, 11) is 0. The molecule has 1 atom stereocenters. The van der Waals surface area contributed by atoms with Gasteiger partial charge in [-0.3, -0.25) is 14.4 Å². The van der Waals surface area contributed by atoms with E-state index in [0.717, 1.165) is 47.9 Å². The molecule has 0 saturated heterocycles. The predicted octanol–water partition coefficient (Wildman–Crippen LogP) is 4.75. The summed E-state index contributed by atoms with van der Waals surface area (Å²) in [6.07, 6.45) is 5.47. The Morgan fingerprint density at radius 1 is 1.00 bits per heavy atom. The molecule has 36 heavy (non-hydrogen) atoms. The number of carbonyl (C=O) groups is 1. The number of amides is 1. The third-order valence-corrected chi connectivity index (χ3v) is 7.03. The maximum absolute atomic E-state index is 13.6. The van der Waals surface area contributed by atoms with Gasteiger partial charge in [0.05, 0.1) is 12.1 Å². The zero-order valence-corrected chi connectivity index (χ0v) is 20.9. The van der Waals surface area contributed by atoms with E-state index in [4.69, 9.17) is 11.1 Å². The molecule has 3 aromatic rings. The van der Waals surface area contributed by atoms with E-state index in [1.807, 2.05) is 65.6 Å². The lowest BCUT2D eigenvalue weighted by Crippen LogP contribution is -2.41. The topological polar surface area (TPSA) is 122 Å². The van der Waals surface area contributed by atoms with E-state index in [2.05, 4.69) is 4.72 Å². The molecule has 1 fully saturated rings. The van der Waals surface area contributed by atoms with Gasteiger partial charge < -0.3 is 19.9 Å². The second-order valence-electron chi connectivity index (χ2n) is 9.19. The second-order valence-corrected chi connectivity index (χ2v) is 9.86. The van der Waals surface area contributed by atoms with Crippen molar-refractivity contribution >= 4 is 28.7 Å². The normalized spacial score (nSPS) is 14.7. The minimum Gasteiger partial charge on any atom is -0.755 e. The van der Waals surface area contributed by atoms with Crippen molar-refractivity contribution in [2.75, 3.05) is 4.72 Å². The first-order valence-electron chi connectivity index (χ1n) is 12.2. The predicted molar refractivity (Wildman–Crippen MR) is 143 cm³/mol. The molecular formula is C28H31N4O3S-. The van der Waals surface area contributed by atoms with E-state index in [0.29, 0.717) is 17.8 Å². The lowest BCUT2D eigenvalue weighted by Gasteiger charge is -2.35. The van der Waals surface area contributed by atoms with Gasteiger partial charge in [-0.15, -0.1) is 0 Å². The zero-order valence-electron chi connectivity index (χ0n) is 20.1. The molecule has 0 bridgehead atoms. The summed E-state index contributed by atoms with van der Waals surface area (Å²) in [6.45, 7) is 0.447. The summed E-state index contributed by atoms with van der Waals surface area (Å²) in [4.78, 5) is 15.6. The standard InChI is InChI=1S/C28H32N4O3S/c29-28(30)23-11-7-8-21(16-23)19-32(24-12-5-2-6-13-24)27(33)18-20-14-15-25(22-9-3-1-4-10-22)26(17-20)31-36(34)35/h1,3-4,7-11,14-17,24,31H,2,5-6,12-13,18-19H2,(H3,29,30)(H,34,35)/p-1. The van der Waals surface area contributed by atoms with Crippen molar-refractivity contribution in [1.82, 2.24) is 4.90 Å². The number of nitrogens with two attached hydrogens (primary N) is 1. The average Bonchev–Trinajstić information content (AvgIpc) is 2.88. The Morgan fingerprint density at radius 2 is 1.75 bits per heavy atom. The van der Waals surface area contributed by atoms with Crippen LogP contribution in [0.15, 0.2) is 72.8 Å². The maximum Gasteiger partial charge on any atom is 0.227 e. The fourth-order valence-corrected chi connectivity index (χ4v) is 5.22. The van der Waals surface area contributed by atoms with Gasteiger partial charge in [0.15, 0.2) is 0 Å². The Bertz CT molecular complexity index is 1240. The summed E-state index contributed by atoms with van der Waals surface area (Å²) in [6, 6.07) is 22.6. The van der Waals surface area contributed by atoms with E-state index in [9.17, 15) is 13.6 Å². The highest BCUT2D eigenvalue weighted by Crippen LogP contribution is 2.30. The number of carbonyl (C=O) groups excluding carboxylic acids is 1. The number of nitrogen functional groups attached to an aromatic ring is 1. The van der Waals surface area contributed by atoms with Gasteiger partial charge in [0, 0.05) is 35.0 Å². The quantitative estimate of drug-likeness (QED) is 0.222. The monoisotopic (exact) mass is 503 g/mol. The SMILES string of the molecule is N=C(N)c1cccc(CN(C(=O)Cc2ccc(-c3ccccc3)c(NS(=O)[O-])c2)C2CCCCC2)c1. The molecule has 1 unspecified atom stereocenters. The van der Waals surface area contributed by atoms with E-state index >= 15 is 0 Å². The minimum absolute atomic E-state index is 0.00156. The van der Waals surface area contributed by atoms with Crippen LogP contribution in [0.2, 0.25) is 0 Å². The summed E-state index contributed by atoms with van der Waals surface area (Å²) in [5.74, 6) is -0.00141. The van der Waals surface area contributed by atoms with E-state index in [1.165, 1.54) is 6.42 Å². The number of benzene rings is 3. The highest BCUT2D eigenvalue weighted by molar-refractivity contribution is 7.80. The van der Waals surface area contributed by atoms with Crippen LogP contribution in [0.25, 0.3) is 11.1 Å². The van der Waals surface area contributed by atoms with Gasteiger partial charge in [-0.05, 0) is 41.7 Å². The minimum atomic E-state index is -2.49. The van der Waals surface area contributed by atoms with E-state index in [-0.39, 0.29) is 24.2 Å². The molecule has 1 aliphatic rings. The van der Waals surface area contributed by atoms with Crippen molar-refractivity contribution in [3.63, 3.8) is 0 Å². The second kappa shape index (κ2) is 12.0. The third kappa shape index (κ3) is 6.59. The molecule has 0 spiro atoms. The molecule has 188 valence electrons. The van der Waals surface area contributed by atoms with Crippen LogP contribution in [-0.2, 0) is 29.0 Å². The molecule has 1 saturated carbocycles. The highest BCUT2D eigenvalue weighted by Gasteiger charge is 2.26. The van der Waals surface area contributed by atoms with Crippen LogP contribution < -0.4 is 10.5 Å². The Balaban J connectivity index is 1.60. The van der Waals surface area contributed by atoms with E-state index < -0.39 is 11.3 Å². The molecule has 0 aromatic heterocycles. The molecule has 4 rings (SSSR count). The van der Waals surface area contributed by atoms with Crippen LogP contribution in [-0.4, -0.2) is 31.4 Å². The van der Waals surface area contributed by atoms with Gasteiger partial charge in [-0.2, -0.15) is 0 Å². The molecule has 8 heteroatoms. The molecule has 1 amide bonds. The van der Waals surface area contributed by atoms with Crippen LogP contribution in [0.1, 0.15) is 48.8 Å². The number of rotatable bonds is 9. The molecule has 7 nitrogen and oxygen atoms in total. The summed E-state index contributed by atoms with van der Waals surface area (Å²) < 4.78 is 25.4. The molecule has 0 aliphatic heterocycles. The fourth-order valence-electron chi connectivity index (χ4n) is 4.87. The van der Waals surface area contributed by atoms with Gasteiger partial charge in [0.1, 0.15) is 5.84 Å². The molecule has 3 aromatic carbocycles. The van der Waals surface area contributed by atoms with Crippen molar-refractivity contribution in [2.45, 2.75) is 51.1 Å². The largest absolute Gasteiger partial charge is 0.755 e. The summed E-state index contributed by atoms with van der Waals surface area (Å²) in [5.41, 5.74) is 10.1. The maximum atomic E-state index is 13.6. The number of anilines is 1. The first-order valence-corrected chi connectivity index (χ1v) is 13.3. The molecule has 4 N–H and O–H groups in total. The van der Waals surface area contributed by atoms with Gasteiger partial charge in [0.2, 0.25) is 5.91 Å². The van der Waals surface area contributed by atoms with Crippen LogP contribution in [0, 0.1) is 5.41 Å². The third-order valence-electron chi connectivity index (χ3n) is 6.64. The molecular weight excluding hydrogens is 472 g/mol. The van der Waals surface area contributed by atoms with Crippen molar-refractivity contribution in [1.29, 1.82) is 5.41 Å². The summed E-state index contributed by atoms with van der Waals surface area (Å²) in [5, 5.41) is 7.74. The number of hydrogen-bond donors (Lipinski definition) is 3. The Hall–Kier alpha value is -3.49. The smallest absolute Gasteiger partial charge is 0.227 e. The summed E-state index contributed by atoms with van der Waals surface area (Å²) >= 11 is -2.49. The first-order chi connectivity index (χ1) is 17.4. The van der Waals surface area contributed by atoms with Crippen molar-refractivity contribution in [3.8, 4) is 11.1 Å². The molecule has 0 heterocycles. The van der Waals surface area contributed by atoms with Crippen molar-refractivity contribution < 1.29 is 13.6 Å². The van der Waals surface area contributed by atoms with Gasteiger partial charge in [-0.1, -0.05) is 79.9 Å². The first kappa shape index (κ1) is 25.6. The van der Waals surface area contributed by atoms with Gasteiger partial charge in [-0.25, -0.2) is 0 Å². The van der Waals surface area contributed by atoms with Crippen LogP contribution in [0.4, 0.5) is 5.69 Å². The lowest BCUT2D eigenvalue weighted by molar-refractivity contribution is -0.134. The number of nitrogens with zero attached hydrogens (tertiary/aromatic N) is 1. The lowest BCUT2D eigenvalue weighted by atomic mass is 9.93. The Morgan fingerprint density at radius 3 is 2.44 bits per heavy atom. The number of amidine groups is 1. The Kier molecular flexibility index (Phi) is 8.51. The van der Waals surface area contributed by atoms with Crippen molar-refractivity contribution in [2.24, 2.45) is 5.73 Å². The average molecular weight is 504 g/mol. The van der Waals surface area contributed by atoms with Crippen LogP contribution in [0.3, 0.4) is 0 Å². The number of hydrogen-bond acceptors (Lipinski definition) is 4. The number of nitrogens with one attached hydrogen (secondary N) is 2. The molecule has 0 radical (unpaired) electrons. The van der Waals surface area contributed by atoms with Gasteiger partial charge in [0.25, 0.3) is 0 Å². The zero-order chi connectivity index (χ0) is 25.5. The molecule has 1 aliphatic carbocycles. The van der Waals surface area contributed by atoms with Gasteiger partial charge >= 0.3 is 0 Å². The Labute approximate surface area is 214 Å². The van der Waals surface area contributed by atoms with Crippen LogP contribution >= 0.6 is 0 Å². The van der Waals surface area contributed by atoms with E-state index in [1.54, 1.807) is 12.1 Å². The fraction of sp³-hybridized carbons (Fsp3) is 0.286. The van der Waals surface area contributed by atoms with Crippen LogP contribution in [0.5, 0.6) is 0 Å².